The SMILES string of the molecule is OCCN1CCCN(CI)CCCN(CCO)CCN(CCO)CCC1. The smallest absolute Gasteiger partial charge is 0.0558 e. The van der Waals surface area contributed by atoms with Crippen LogP contribution < -0.4 is 0 Å². The zero-order valence-corrected chi connectivity index (χ0v) is 18.4. The highest BCUT2D eigenvalue weighted by Gasteiger charge is 2.13. The molecule has 8 heteroatoms. The first kappa shape index (κ1) is 24.5. The molecule has 3 N–H and O–H groups in total. The fourth-order valence-electron chi connectivity index (χ4n) is 3.50. The summed E-state index contributed by atoms with van der Waals surface area (Å²) >= 11 is 2.44. The average Bonchev–Trinajstić information content (AvgIpc) is 2.64. The van der Waals surface area contributed by atoms with Gasteiger partial charge in [-0.1, -0.05) is 22.6 Å². The highest BCUT2D eigenvalue weighted by atomic mass is 127. The van der Waals surface area contributed by atoms with E-state index in [2.05, 4.69) is 42.2 Å². The van der Waals surface area contributed by atoms with Crippen LogP contribution in [0.2, 0.25) is 0 Å². The second kappa shape index (κ2) is 16.4. The Labute approximate surface area is 173 Å². The number of halogens is 1. The topological polar surface area (TPSA) is 73.7 Å². The Bertz CT molecular complexity index is 329. The molecule has 0 atom stereocenters. The molecule has 156 valence electrons. The van der Waals surface area contributed by atoms with Gasteiger partial charge in [0.15, 0.2) is 0 Å². The third kappa shape index (κ3) is 11.3. The highest BCUT2D eigenvalue weighted by Crippen LogP contribution is 2.04. The average molecular weight is 486 g/mol. The van der Waals surface area contributed by atoms with Gasteiger partial charge in [-0.3, -0.25) is 14.7 Å². The molecule has 1 aliphatic heterocycles. The number of alkyl halides is 1. The van der Waals surface area contributed by atoms with Gasteiger partial charge in [0.1, 0.15) is 0 Å². The molecule has 0 spiro atoms. The van der Waals surface area contributed by atoms with Crippen molar-refractivity contribution in [3.05, 3.63) is 0 Å². The minimum Gasteiger partial charge on any atom is -0.395 e. The summed E-state index contributed by atoms with van der Waals surface area (Å²) in [5.41, 5.74) is 0. The molecule has 0 radical (unpaired) electrons. The van der Waals surface area contributed by atoms with Crippen molar-refractivity contribution in [1.82, 2.24) is 19.6 Å². The highest BCUT2D eigenvalue weighted by molar-refractivity contribution is 14.1. The van der Waals surface area contributed by atoms with Gasteiger partial charge in [-0.2, -0.15) is 0 Å². The van der Waals surface area contributed by atoms with Gasteiger partial charge in [0, 0.05) is 45.8 Å². The first-order chi connectivity index (χ1) is 12.7. The van der Waals surface area contributed by atoms with Crippen LogP contribution in [0, 0.1) is 0 Å². The van der Waals surface area contributed by atoms with E-state index in [0.29, 0.717) is 6.54 Å². The summed E-state index contributed by atoms with van der Waals surface area (Å²) < 4.78 is 1.04. The molecule has 0 aromatic heterocycles. The molecule has 0 saturated carbocycles. The van der Waals surface area contributed by atoms with Crippen LogP contribution in [-0.2, 0) is 0 Å². The predicted molar refractivity (Wildman–Crippen MR) is 115 cm³/mol. The number of aliphatic hydroxyl groups excluding tert-OH is 3. The molecule has 0 aromatic rings. The van der Waals surface area contributed by atoms with E-state index in [1.165, 1.54) is 0 Å². The van der Waals surface area contributed by atoms with E-state index in [-0.39, 0.29) is 19.8 Å². The Balaban J connectivity index is 2.65. The normalized spacial score (nSPS) is 22.2. The van der Waals surface area contributed by atoms with Crippen molar-refractivity contribution < 1.29 is 15.3 Å². The molecule has 0 aromatic carbocycles. The first-order valence-corrected chi connectivity index (χ1v) is 11.5. The van der Waals surface area contributed by atoms with Gasteiger partial charge in [0.05, 0.1) is 24.4 Å². The van der Waals surface area contributed by atoms with Crippen LogP contribution >= 0.6 is 22.6 Å². The van der Waals surface area contributed by atoms with Crippen molar-refractivity contribution in [3.63, 3.8) is 0 Å². The van der Waals surface area contributed by atoms with Gasteiger partial charge in [0.2, 0.25) is 0 Å². The van der Waals surface area contributed by atoms with Gasteiger partial charge in [0.25, 0.3) is 0 Å². The van der Waals surface area contributed by atoms with Crippen LogP contribution in [0.1, 0.15) is 19.3 Å². The number of nitrogens with zero attached hydrogens (tertiary/aromatic N) is 4. The molecule has 0 bridgehead atoms. The second-order valence-corrected chi connectivity index (χ2v) is 7.68. The number of rotatable bonds is 7. The fourth-order valence-corrected chi connectivity index (χ4v) is 4.18. The predicted octanol–water partition coefficient (Wildman–Crippen LogP) is -0.252. The Morgan fingerprint density at radius 1 is 0.500 bits per heavy atom. The van der Waals surface area contributed by atoms with Crippen LogP contribution in [0.25, 0.3) is 0 Å². The first-order valence-electron chi connectivity index (χ1n) is 10.0. The maximum absolute atomic E-state index is 9.34. The summed E-state index contributed by atoms with van der Waals surface area (Å²) in [4.78, 5) is 9.51. The van der Waals surface area contributed by atoms with E-state index < -0.39 is 0 Å². The van der Waals surface area contributed by atoms with E-state index in [1.807, 2.05) is 0 Å². The lowest BCUT2D eigenvalue weighted by atomic mass is 10.3. The zero-order chi connectivity index (χ0) is 19.0. The lowest BCUT2D eigenvalue weighted by molar-refractivity contribution is 0.142. The summed E-state index contributed by atoms with van der Waals surface area (Å²) in [5.74, 6) is 0. The second-order valence-electron chi connectivity index (χ2n) is 6.99. The number of hydrogen-bond acceptors (Lipinski definition) is 7. The molecular weight excluding hydrogens is 447 g/mol. The molecule has 26 heavy (non-hydrogen) atoms. The Morgan fingerprint density at radius 2 is 0.808 bits per heavy atom. The Hall–Kier alpha value is 0.450. The van der Waals surface area contributed by atoms with E-state index in [0.717, 1.165) is 89.3 Å². The minimum absolute atomic E-state index is 0.185. The molecule has 1 fully saturated rings. The molecule has 1 heterocycles. The lowest BCUT2D eigenvalue weighted by Gasteiger charge is -2.28. The minimum atomic E-state index is 0.185. The molecule has 0 amide bonds. The summed E-state index contributed by atoms with van der Waals surface area (Å²) in [7, 11) is 0. The number of β-amino-alcohol motifs (C(OH)–C–C–N with tert-alkyl or cyclic N) is 3. The number of hydrogen-bond donors (Lipinski definition) is 3. The van der Waals surface area contributed by atoms with E-state index in [9.17, 15) is 15.3 Å². The Kier molecular flexibility index (Phi) is 15.5. The van der Waals surface area contributed by atoms with Gasteiger partial charge in [-0.25, -0.2) is 0 Å². The van der Waals surface area contributed by atoms with Gasteiger partial charge in [-0.05, 0) is 45.4 Å². The third-order valence-corrected chi connectivity index (χ3v) is 5.96. The van der Waals surface area contributed by atoms with Crippen molar-refractivity contribution in [3.8, 4) is 0 Å². The molecule has 1 saturated heterocycles. The van der Waals surface area contributed by atoms with Crippen LogP contribution in [0.3, 0.4) is 0 Å². The van der Waals surface area contributed by atoms with Crippen molar-refractivity contribution >= 4 is 22.6 Å². The van der Waals surface area contributed by atoms with E-state index >= 15 is 0 Å². The van der Waals surface area contributed by atoms with Crippen LogP contribution in [0.5, 0.6) is 0 Å². The summed E-state index contributed by atoms with van der Waals surface area (Å²) in [6.07, 6.45) is 3.29. The Morgan fingerprint density at radius 3 is 1.12 bits per heavy atom. The molecule has 7 nitrogen and oxygen atoms in total. The summed E-state index contributed by atoms with van der Waals surface area (Å²) in [6.45, 7) is 10.8. The lowest BCUT2D eigenvalue weighted by Crippen LogP contribution is -2.40. The van der Waals surface area contributed by atoms with E-state index in [4.69, 9.17) is 0 Å². The molecule has 0 unspecified atom stereocenters. The van der Waals surface area contributed by atoms with Gasteiger partial charge < -0.3 is 20.2 Å². The van der Waals surface area contributed by atoms with Crippen LogP contribution in [0.4, 0.5) is 0 Å². The summed E-state index contributed by atoms with van der Waals surface area (Å²) in [6, 6.07) is 0. The van der Waals surface area contributed by atoms with Crippen molar-refractivity contribution in [2.45, 2.75) is 19.3 Å². The standard InChI is InChI=1S/C18H39IN4O3/c19-18-23-8-2-5-20(12-15-24)4-1-6-21(13-16-25)10-11-22(14-17-26)7-3-9-23/h24-26H,1-18H2. The zero-order valence-electron chi connectivity index (χ0n) is 16.2. The van der Waals surface area contributed by atoms with Gasteiger partial charge in [-0.15, -0.1) is 0 Å². The van der Waals surface area contributed by atoms with Crippen molar-refractivity contribution in [2.75, 3.05) is 96.4 Å². The van der Waals surface area contributed by atoms with Crippen molar-refractivity contribution in [1.29, 1.82) is 0 Å². The molecule has 0 aliphatic carbocycles. The van der Waals surface area contributed by atoms with Gasteiger partial charge >= 0.3 is 0 Å². The van der Waals surface area contributed by atoms with Crippen LogP contribution in [0.15, 0.2) is 0 Å². The maximum Gasteiger partial charge on any atom is 0.0558 e. The van der Waals surface area contributed by atoms with Crippen molar-refractivity contribution in [2.24, 2.45) is 0 Å². The molecule has 1 aliphatic rings. The largest absolute Gasteiger partial charge is 0.395 e. The summed E-state index contributed by atoms with van der Waals surface area (Å²) in [5, 5.41) is 28.0. The molecule has 1 rings (SSSR count). The van der Waals surface area contributed by atoms with Crippen LogP contribution in [-0.4, -0.2) is 131 Å². The fraction of sp³-hybridized carbons (Fsp3) is 1.00. The maximum atomic E-state index is 9.34. The number of aliphatic hydroxyl groups is 3. The monoisotopic (exact) mass is 486 g/mol. The van der Waals surface area contributed by atoms with E-state index in [1.54, 1.807) is 0 Å². The quantitative estimate of drug-likeness (QED) is 0.261. The molecular formula is C18H39IN4O3. The third-order valence-electron chi connectivity index (χ3n) is 5.00.